The molecule has 0 amide bonds. The average Bonchev–Trinajstić information content (AvgIpc) is 2.28. The maximum Gasteiger partial charge on any atom is 0.178 e. The SMILES string of the molecule is CC1CN(CC(=O)c2ccc(Cl)cc2Cl)CCO1. The van der Waals surface area contributed by atoms with Gasteiger partial charge >= 0.3 is 0 Å². The molecule has 1 aliphatic rings. The maximum absolute atomic E-state index is 12.1. The highest BCUT2D eigenvalue weighted by atomic mass is 35.5. The van der Waals surface area contributed by atoms with Crippen LogP contribution in [-0.4, -0.2) is 43.0 Å². The first kappa shape index (κ1) is 13.8. The maximum atomic E-state index is 12.1. The number of hydrogen-bond donors (Lipinski definition) is 0. The summed E-state index contributed by atoms with van der Waals surface area (Å²) in [4.78, 5) is 14.2. The van der Waals surface area contributed by atoms with Crippen molar-refractivity contribution in [2.24, 2.45) is 0 Å². The topological polar surface area (TPSA) is 29.5 Å². The highest BCUT2D eigenvalue weighted by Gasteiger charge is 2.20. The molecule has 1 aromatic rings. The van der Waals surface area contributed by atoms with E-state index in [0.29, 0.717) is 28.8 Å². The van der Waals surface area contributed by atoms with Gasteiger partial charge in [-0.2, -0.15) is 0 Å². The second kappa shape index (κ2) is 6.02. The highest BCUT2D eigenvalue weighted by molar-refractivity contribution is 6.36. The summed E-state index contributed by atoms with van der Waals surface area (Å²) in [5, 5.41) is 0.949. The first-order valence-corrected chi connectivity index (χ1v) is 6.64. The third-order valence-corrected chi connectivity index (χ3v) is 3.47. The molecule has 0 aliphatic carbocycles. The second-order valence-electron chi connectivity index (χ2n) is 4.46. The molecular formula is C13H15Cl2NO2. The van der Waals surface area contributed by atoms with E-state index in [0.717, 1.165) is 13.1 Å². The summed E-state index contributed by atoms with van der Waals surface area (Å²) in [7, 11) is 0. The number of hydrogen-bond acceptors (Lipinski definition) is 3. The Bertz CT molecular complexity index is 451. The molecular weight excluding hydrogens is 273 g/mol. The zero-order chi connectivity index (χ0) is 13.1. The van der Waals surface area contributed by atoms with Crippen LogP contribution in [0, 0.1) is 0 Å². The van der Waals surface area contributed by atoms with E-state index in [9.17, 15) is 4.79 Å². The zero-order valence-corrected chi connectivity index (χ0v) is 11.7. The van der Waals surface area contributed by atoms with Gasteiger partial charge in [-0.15, -0.1) is 0 Å². The molecule has 1 aromatic carbocycles. The first-order valence-electron chi connectivity index (χ1n) is 5.88. The van der Waals surface area contributed by atoms with Gasteiger partial charge in [-0.05, 0) is 25.1 Å². The van der Waals surface area contributed by atoms with Crippen molar-refractivity contribution in [2.45, 2.75) is 13.0 Å². The van der Waals surface area contributed by atoms with E-state index >= 15 is 0 Å². The zero-order valence-electron chi connectivity index (χ0n) is 10.2. The summed E-state index contributed by atoms with van der Waals surface area (Å²) < 4.78 is 5.44. The Morgan fingerprint density at radius 2 is 2.28 bits per heavy atom. The molecule has 1 fully saturated rings. The number of halogens is 2. The Labute approximate surface area is 117 Å². The first-order chi connectivity index (χ1) is 8.56. The molecule has 1 saturated heterocycles. The van der Waals surface area contributed by atoms with Gasteiger partial charge < -0.3 is 4.74 Å². The number of ether oxygens (including phenoxy) is 1. The summed E-state index contributed by atoms with van der Waals surface area (Å²) in [6.07, 6.45) is 0.173. The molecule has 18 heavy (non-hydrogen) atoms. The largest absolute Gasteiger partial charge is 0.376 e. The van der Waals surface area contributed by atoms with E-state index < -0.39 is 0 Å². The van der Waals surface area contributed by atoms with Crippen LogP contribution in [0.4, 0.5) is 0 Å². The Morgan fingerprint density at radius 3 is 2.94 bits per heavy atom. The molecule has 0 radical (unpaired) electrons. The molecule has 0 aromatic heterocycles. The smallest absolute Gasteiger partial charge is 0.178 e. The number of carbonyl (C=O) groups is 1. The summed E-state index contributed by atoms with van der Waals surface area (Å²) in [6.45, 7) is 4.60. The van der Waals surface area contributed by atoms with Crippen LogP contribution in [0.1, 0.15) is 17.3 Å². The van der Waals surface area contributed by atoms with Crippen LogP contribution in [0.25, 0.3) is 0 Å². The van der Waals surface area contributed by atoms with Gasteiger partial charge in [0.15, 0.2) is 5.78 Å². The Morgan fingerprint density at radius 1 is 1.50 bits per heavy atom. The van der Waals surface area contributed by atoms with Gasteiger partial charge in [-0.1, -0.05) is 23.2 Å². The lowest BCUT2D eigenvalue weighted by Gasteiger charge is -2.30. The van der Waals surface area contributed by atoms with Gasteiger partial charge in [0.05, 0.1) is 24.3 Å². The van der Waals surface area contributed by atoms with E-state index in [-0.39, 0.29) is 11.9 Å². The van der Waals surface area contributed by atoms with Crippen molar-refractivity contribution in [1.29, 1.82) is 0 Å². The molecule has 2 rings (SSSR count). The summed E-state index contributed by atoms with van der Waals surface area (Å²) >= 11 is 11.8. The van der Waals surface area contributed by atoms with Crippen LogP contribution < -0.4 is 0 Å². The van der Waals surface area contributed by atoms with Crippen LogP contribution in [0.3, 0.4) is 0 Å². The fraction of sp³-hybridized carbons (Fsp3) is 0.462. The molecule has 98 valence electrons. The quantitative estimate of drug-likeness (QED) is 0.801. The molecule has 1 atom stereocenters. The predicted octanol–water partition coefficient (Wildman–Crippen LogP) is 2.90. The van der Waals surface area contributed by atoms with Crippen LogP contribution in [0.2, 0.25) is 10.0 Å². The predicted molar refractivity (Wildman–Crippen MR) is 72.6 cm³/mol. The molecule has 0 spiro atoms. The number of rotatable bonds is 3. The Kier molecular flexibility index (Phi) is 4.62. The molecule has 0 saturated carbocycles. The number of benzene rings is 1. The number of morpholine rings is 1. The van der Waals surface area contributed by atoms with E-state index in [1.165, 1.54) is 0 Å². The molecule has 0 N–H and O–H groups in total. The summed E-state index contributed by atoms with van der Waals surface area (Å²) in [5.41, 5.74) is 0.528. The van der Waals surface area contributed by atoms with Crippen molar-refractivity contribution in [2.75, 3.05) is 26.2 Å². The van der Waals surface area contributed by atoms with Crippen molar-refractivity contribution in [3.8, 4) is 0 Å². The van der Waals surface area contributed by atoms with Crippen LogP contribution >= 0.6 is 23.2 Å². The lowest BCUT2D eigenvalue weighted by Crippen LogP contribution is -2.43. The Balaban J connectivity index is 2.03. The molecule has 1 heterocycles. The summed E-state index contributed by atoms with van der Waals surface area (Å²) in [5.74, 6) is 0.0192. The summed E-state index contributed by atoms with van der Waals surface area (Å²) in [6, 6.07) is 4.96. The van der Waals surface area contributed by atoms with Gasteiger partial charge in [-0.3, -0.25) is 9.69 Å². The van der Waals surface area contributed by atoms with E-state index in [2.05, 4.69) is 4.90 Å². The van der Waals surface area contributed by atoms with Gasteiger partial charge in [0.2, 0.25) is 0 Å². The van der Waals surface area contributed by atoms with Crippen molar-refractivity contribution in [3.05, 3.63) is 33.8 Å². The van der Waals surface area contributed by atoms with Crippen molar-refractivity contribution < 1.29 is 9.53 Å². The van der Waals surface area contributed by atoms with Gasteiger partial charge in [0.25, 0.3) is 0 Å². The lowest BCUT2D eigenvalue weighted by molar-refractivity contribution is -0.0158. The Hall–Kier alpha value is -0.610. The van der Waals surface area contributed by atoms with E-state index in [1.807, 2.05) is 6.92 Å². The fourth-order valence-electron chi connectivity index (χ4n) is 2.04. The van der Waals surface area contributed by atoms with Crippen molar-refractivity contribution >= 4 is 29.0 Å². The van der Waals surface area contributed by atoms with Gasteiger partial charge in [0, 0.05) is 23.7 Å². The van der Waals surface area contributed by atoms with Gasteiger partial charge in [0.1, 0.15) is 0 Å². The normalized spacial score (nSPS) is 20.9. The standard InChI is InChI=1S/C13H15Cl2NO2/c1-9-7-16(4-5-18-9)8-13(17)11-3-2-10(14)6-12(11)15/h2-3,6,9H,4-5,7-8H2,1H3. The molecule has 5 heteroatoms. The number of nitrogens with zero attached hydrogens (tertiary/aromatic N) is 1. The number of Topliss-reactive ketones (excluding diaryl/α,β-unsaturated/α-hetero) is 1. The third kappa shape index (κ3) is 3.45. The van der Waals surface area contributed by atoms with Crippen molar-refractivity contribution in [3.63, 3.8) is 0 Å². The minimum atomic E-state index is 0.0192. The molecule has 0 bridgehead atoms. The van der Waals surface area contributed by atoms with Crippen LogP contribution in [0.15, 0.2) is 18.2 Å². The average molecular weight is 288 g/mol. The third-order valence-electron chi connectivity index (χ3n) is 2.92. The molecule has 1 aliphatic heterocycles. The van der Waals surface area contributed by atoms with Crippen molar-refractivity contribution in [1.82, 2.24) is 4.90 Å². The fourth-order valence-corrected chi connectivity index (χ4v) is 2.55. The monoisotopic (exact) mass is 287 g/mol. The van der Waals surface area contributed by atoms with Gasteiger partial charge in [-0.25, -0.2) is 0 Å². The number of carbonyl (C=O) groups excluding carboxylic acids is 1. The lowest BCUT2D eigenvalue weighted by atomic mass is 10.1. The second-order valence-corrected chi connectivity index (χ2v) is 5.31. The molecule has 1 unspecified atom stereocenters. The van der Waals surface area contributed by atoms with E-state index in [4.69, 9.17) is 27.9 Å². The minimum absolute atomic E-state index is 0.0192. The number of ketones is 1. The van der Waals surface area contributed by atoms with Crippen LogP contribution in [0.5, 0.6) is 0 Å². The van der Waals surface area contributed by atoms with Crippen LogP contribution in [-0.2, 0) is 4.74 Å². The highest BCUT2D eigenvalue weighted by Crippen LogP contribution is 2.21. The molecule has 3 nitrogen and oxygen atoms in total. The minimum Gasteiger partial charge on any atom is -0.376 e. The van der Waals surface area contributed by atoms with E-state index in [1.54, 1.807) is 18.2 Å².